The largest absolute Gasteiger partial charge is 0.371 e. The number of anilines is 1. The first kappa shape index (κ1) is 21.3. The second-order valence-electron chi connectivity index (χ2n) is 6.84. The van der Waals surface area contributed by atoms with E-state index in [1.54, 1.807) is 6.21 Å². The summed E-state index contributed by atoms with van der Waals surface area (Å²) in [7, 11) is -3.93. The van der Waals surface area contributed by atoms with Gasteiger partial charge < -0.3 is 4.90 Å². The van der Waals surface area contributed by atoms with Crippen LogP contribution in [0.2, 0.25) is 0 Å². The number of rotatable bonds is 4. The van der Waals surface area contributed by atoms with Gasteiger partial charge in [0, 0.05) is 38.5 Å². The van der Waals surface area contributed by atoms with Gasteiger partial charge in [-0.3, -0.25) is 9.71 Å². The molecule has 0 aromatic heterocycles. The minimum absolute atomic E-state index is 0.0393. The zero-order valence-corrected chi connectivity index (χ0v) is 17.5. The quantitative estimate of drug-likeness (QED) is 0.713. The predicted molar refractivity (Wildman–Crippen MR) is 107 cm³/mol. The standard InChI is InChI=1S/C17H20Cl2F2N4O2S/c1-17(19)11-22-10-13(18)16(17)24-5-2-6-25(8-7-24)28(26,27)23-12-3-4-14(20)15(21)9-12/h3-4,9-10,23H,2,5-8,11H2,1H3. The van der Waals surface area contributed by atoms with Crippen LogP contribution in [0.1, 0.15) is 13.3 Å². The van der Waals surface area contributed by atoms with E-state index in [1.165, 1.54) is 10.4 Å². The van der Waals surface area contributed by atoms with E-state index in [-0.39, 0.29) is 18.8 Å². The lowest BCUT2D eigenvalue weighted by molar-refractivity contribution is 0.326. The third-order valence-corrected chi connectivity index (χ3v) is 6.70. The lowest BCUT2D eigenvalue weighted by Gasteiger charge is -2.36. The summed E-state index contributed by atoms with van der Waals surface area (Å²) in [4.78, 5) is 5.37. The molecule has 0 spiro atoms. The number of nitrogens with one attached hydrogen (secondary N) is 1. The highest BCUT2D eigenvalue weighted by molar-refractivity contribution is 7.90. The fourth-order valence-electron chi connectivity index (χ4n) is 3.29. The lowest BCUT2D eigenvalue weighted by atomic mass is 10.0. The molecule has 0 amide bonds. The van der Waals surface area contributed by atoms with Crippen LogP contribution in [0.4, 0.5) is 14.5 Å². The Morgan fingerprint density at radius 3 is 2.61 bits per heavy atom. The summed E-state index contributed by atoms with van der Waals surface area (Å²) >= 11 is 12.9. The van der Waals surface area contributed by atoms with Gasteiger partial charge in [-0.1, -0.05) is 11.6 Å². The number of halogens is 4. The first-order chi connectivity index (χ1) is 13.1. The molecule has 0 bridgehead atoms. The number of benzene rings is 1. The summed E-state index contributed by atoms with van der Waals surface area (Å²) in [6.07, 6.45) is 2.11. The van der Waals surface area contributed by atoms with E-state index in [1.807, 2.05) is 11.8 Å². The van der Waals surface area contributed by atoms with Crippen molar-refractivity contribution in [3.8, 4) is 0 Å². The molecule has 0 aliphatic carbocycles. The van der Waals surface area contributed by atoms with Gasteiger partial charge in [0.2, 0.25) is 0 Å². The van der Waals surface area contributed by atoms with E-state index >= 15 is 0 Å². The van der Waals surface area contributed by atoms with Crippen LogP contribution >= 0.6 is 23.2 Å². The van der Waals surface area contributed by atoms with Crippen LogP contribution in [0.5, 0.6) is 0 Å². The third kappa shape index (κ3) is 4.59. The molecule has 0 radical (unpaired) electrons. The highest BCUT2D eigenvalue weighted by Gasteiger charge is 2.36. The molecule has 2 heterocycles. The fourth-order valence-corrected chi connectivity index (χ4v) is 5.27. The van der Waals surface area contributed by atoms with E-state index in [0.717, 1.165) is 17.8 Å². The number of nitrogens with zero attached hydrogens (tertiary/aromatic N) is 3. The second kappa shape index (κ2) is 8.14. The van der Waals surface area contributed by atoms with Gasteiger partial charge in [0.15, 0.2) is 11.6 Å². The molecule has 1 aromatic carbocycles. The molecule has 11 heteroatoms. The van der Waals surface area contributed by atoms with Crippen molar-refractivity contribution >= 4 is 45.3 Å². The first-order valence-corrected chi connectivity index (χ1v) is 10.9. The second-order valence-corrected chi connectivity index (χ2v) is 9.75. The summed E-state index contributed by atoms with van der Waals surface area (Å²) in [5.41, 5.74) is 0.696. The van der Waals surface area contributed by atoms with Crippen molar-refractivity contribution in [3.63, 3.8) is 0 Å². The number of allylic oxidation sites excluding steroid dienone is 1. The number of hydrogen-bond acceptors (Lipinski definition) is 4. The molecular weight excluding hydrogens is 433 g/mol. The molecule has 1 unspecified atom stereocenters. The van der Waals surface area contributed by atoms with Crippen LogP contribution in [-0.4, -0.2) is 61.4 Å². The van der Waals surface area contributed by atoms with E-state index in [9.17, 15) is 17.2 Å². The number of alkyl halides is 1. The van der Waals surface area contributed by atoms with E-state index in [4.69, 9.17) is 23.2 Å². The fraction of sp³-hybridized carbons (Fsp3) is 0.471. The van der Waals surface area contributed by atoms with Crippen LogP contribution in [-0.2, 0) is 10.2 Å². The van der Waals surface area contributed by atoms with Crippen molar-refractivity contribution < 1.29 is 17.2 Å². The van der Waals surface area contributed by atoms with Crippen LogP contribution < -0.4 is 4.72 Å². The Morgan fingerprint density at radius 1 is 1.18 bits per heavy atom. The van der Waals surface area contributed by atoms with Gasteiger partial charge in [-0.05, 0) is 25.5 Å². The highest BCUT2D eigenvalue weighted by atomic mass is 35.5. The van der Waals surface area contributed by atoms with Gasteiger partial charge in [-0.15, -0.1) is 11.6 Å². The van der Waals surface area contributed by atoms with Crippen LogP contribution in [0, 0.1) is 11.6 Å². The van der Waals surface area contributed by atoms with E-state index in [2.05, 4.69) is 9.71 Å². The van der Waals surface area contributed by atoms with Crippen molar-refractivity contribution in [2.45, 2.75) is 18.2 Å². The molecule has 1 atom stereocenters. The molecule has 1 N–H and O–H groups in total. The smallest absolute Gasteiger partial charge is 0.301 e. The number of aliphatic imine (C=N–C) groups is 1. The molecule has 1 saturated heterocycles. The molecule has 2 aliphatic heterocycles. The Morgan fingerprint density at radius 2 is 1.93 bits per heavy atom. The zero-order valence-electron chi connectivity index (χ0n) is 15.1. The van der Waals surface area contributed by atoms with E-state index < -0.39 is 26.7 Å². The van der Waals surface area contributed by atoms with Gasteiger partial charge in [0.25, 0.3) is 0 Å². The van der Waals surface area contributed by atoms with Gasteiger partial charge in [0.1, 0.15) is 4.87 Å². The van der Waals surface area contributed by atoms with E-state index in [0.29, 0.717) is 31.1 Å². The maximum atomic E-state index is 13.4. The lowest BCUT2D eigenvalue weighted by Crippen LogP contribution is -2.42. The summed E-state index contributed by atoms with van der Waals surface area (Å²) in [5, 5.41) is 0.444. The number of hydrogen-bond donors (Lipinski definition) is 1. The van der Waals surface area contributed by atoms with Gasteiger partial charge in [-0.25, -0.2) is 8.78 Å². The Bertz CT molecular complexity index is 922. The topological polar surface area (TPSA) is 65.0 Å². The number of dihydropyridines is 1. The molecule has 0 saturated carbocycles. The van der Waals surface area contributed by atoms with Gasteiger partial charge in [-0.2, -0.15) is 12.7 Å². The third-order valence-electron chi connectivity index (χ3n) is 4.59. The average Bonchev–Trinajstić information content (AvgIpc) is 2.84. The molecule has 6 nitrogen and oxygen atoms in total. The Hall–Kier alpha value is -1.42. The maximum absolute atomic E-state index is 13.4. The Kier molecular flexibility index (Phi) is 6.19. The first-order valence-electron chi connectivity index (χ1n) is 8.67. The molecule has 2 aliphatic rings. The van der Waals surface area contributed by atoms with Crippen molar-refractivity contribution in [3.05, 3.63) is 40.6 Å². The minimum Gasteiger partial charge on any atom is -0.371 e. The zero-order chi connectivity index (χ0) is 20.5. The summed E-state index contributed by atoms with van der Waals surface area (Å²) in [6, 6.07) is 2.85. The van der Waals surface area contributed by atoms with Crippen molar-refractivity contribution in [2.24, 2.45) is 4.99 Å². The normalized spacial score (nSPS) is 24.4. The minimum atomic E-state index is -3.93. The maximum Gasteiger partial charge on any atom is 0.301 e. The average molecular weight is 453 g/mol. The SMILES string of the molecule is CC1(Cl)CN=CC(Cl)=C1N1CCCN(S(=O)(=O)Nc2ccc(F)c(F)c2)CC1. The molecule has 154 valence electrons. The van der Waals surface area contributed by atoms with Crippen molar-refractivity contribution in [2.75, 3.05) is 37.4 Å². The summed E-state index contributed by atoms with van der Waals surface area (Å²) in [6.45, 7) is 3.65. The molecule has 28 heavy (non-hydrogen) atoms. The van der Waals surface area contributed by atoms with Crippen LogP contribution in [0.25, 0.3) is 0 Å². The van der Waals surface area contributed by atoms with Crippen molar-refractivity contribution in [1.82, 2.24) is 9.21 Å². The Labute approximate surface area is 173 Å². The molecule has 1 fully saturated rings. The van der Waals surface area contributed by atoms with Crippen LogP contribution in [0.3, 0.4) is 0 Å². The van der Waals surface area contributed by atoms with Crippen LogP contribution in [0.15, 0.2) is 33.9 Å². The highest BCUT2D eigenvalue weighted by Crippen LogP contribution is 2.34. The monoisotopic (exact) mass is 452 g/mol. The van der Waals surface area contributed by atoms with Gasteiger partial charge in [0.05, 0.1) is 23.0 Å². The summed E-state index contributed by atoms with van der Waals surface area (Å²) in [5.74, 6) is -2.16. The van der Waals surface area contributed by atoms with Crippen molar-refractivity contribution in [1.29, 1.82) is 0 Å². The predicted octanol–water partition coefficient (Wildman–Crippen LogP) is 3.16. The summed E-state index contributed by atoms with van der Waals surface area (Å²) < 4.78 is 55.3. The Balaban J connectivity index is 1.74. The molecule has 3 rings (SSSR count). The van der Waals surface area contributed by atoms with Gasteiger partial charge >= 0.3 is 10.2 Å². The molecule has 1 aromatic rings. The molecular formula is C17H20Cl2F2N4O2S.